The zero-order valence-corrected chi connectivity index (χ0v) is 12.3. The first-order valence-corrected chi connectivity index (χ1v) is 8.41. The summed E-state index contributed by atoms with van der Waals surface area (Å²) in [5.74, 6) is 0.151. The molecule has 1 aliphatic rings. The van der Waals surface area contributed by atoms with E-state index in [1.54, 1.807) is 11.4 Å². The molecule has 0 radical (unpaired) electrons. The molecule has 1 saturated heterocycles. The molecule has 0 aromatic carbocycles. The van der Waals surface area contributed by atoms with Gasteiger partial charge in [0.2, 0.25) is 10.0 Å². The van der Waals surface area contributed by atoms with Crippen molar-refractivity contribution in [2.45, 2.75) is 38.6 Å². The minimum absolute atomic E-state index is 0.0636. The lowest BCUT2D eigenvalue weighted by Crippen LogP contribution is -2.46. The number of aliphatic hydroxyl groups is 1. The fourth-order valence-corrected chi connectivity index (χ4v) is 3.89. The third-order valence-corrected chi connectivity index (χ3v) is 5.75. The number of hydrogen-bond acceptors (Lipinski definition) is 4. The second-order valence-electron chi connectivity index (χ2n) is 4.93. The molecule has 18 heavy (non-hydrogen) atoms. The van der Waals surface area contributed by atoms with Crippen LogP contribution < -0.4 is 0 Å². The smallest absolute Gasteiger partial charge is 0.214 e. The quantitative estimate of drug-likeness (QED) is 0.689. The van der Waals surface area contributed by atoms with Gasteiger partial charge >= 0.3 is 0 Å². The van der Waals surface area contributed by atoms with Crippen LogP contribution >= 0.6 is 0 Å². The van der Waals surface area contributed by atoms with Crippen LogP contribution in [0.5, 0.6) is 0 Å². The molecule has 0 aliphatic carbocycles. The third kappa shape index (κ3) is 4.50. The van der Waals surface area contributed by atoms with Gasteiger partial charge in [-0.3, -0.25) is 0 Å². The Morgan fingerprint density at radius 1 is 1.28 bits per heavy atom. The van der Waals surface area contributed by atoms with Gasteiger partial charge in [0.25, 0.3) is 0 Å². The van der Waals surface area contributed by atoms with E-state index in [4.69, 9.17) is 5.11 Å². The molecule has 0 bridgehead atoms. The monoisotopic (exact) mass is 278 g/mol. The second kappa shape index (κ2) is 7.43. The molecule has 0 aromatic rings. The highest BCUT2D eigenvalue weighted by Gasteiger charge is 2.28. The van der Waals surface area contributed by atoms with Gasteiger partial charge in [-0.2, -0.15) is 0 Å². The van der Waals surface area contributed by atoms with E-state index in [2.05, 4.69) is 11.8 Å². The summed E-state index contributed by atoms with van der Waals surface area (Å²) in [7, 11) is -1.46. The van der Waals surface area contributed by atoms with Gasteiger partial charge in [0.05, 0.1) is 5.75 Å². The minimum atomic E-state index is -3.15. The first-order chi connectivity index (χ1) is 8.51. The molecule has 0 amide bonds. The molecule has 6 heteroatoms. The number of nitrogens with zero attached hydrogens (tertiary/aromatic N) is 2. The van der Waals surface area contributed by atoms with Crippen LogP contribution in [0.25, 0.3) is 0 Å². The first-order valence-electron chi connectivity index (χ1n) is 6.80. The number of rotatable bonds is 7. The maximum absolute atomic E-state index is 12.1. The highest BCUT2D eigenvalue weighted by atomic mass is 32.2. The lowest BCUT2D eigenvalue weighted by Gasteiger charge is -2.35. The minimum Gasteiger partial charge on any atom is -0.396 e. The van der Waals surface area contributed by atoms with Crippen molar-refractivity contribution >= 4 is 10.0 Å². The first kappa shape index (κ1) is 15.9. The number of sulfonamides is 1. The van der Waals surface area contributed by atoms with E-state index in [0.717, 1.165) is 32.5 Å². The Balaban J connectivity index is 2.45. The zero-order chi connectivity index (χ0) is 13.6. The molecular formula is C12H26N2O3S. The van der Waals surface area contributed by atoms with Crippen LogP contribution in [0.15, 0.2) is 0 Å². The van der Waals surface area contributed by atoms with Crippen LogP contribution in [-0.2, 0) is 10.0 Å². The Bertz CT molecular complexity index is 324. The van der Waals surface area contributed by atoms with E-state index in [-0.39, 0.29) is 18.4 Å². The van der Waals surface area contributed by atoms with Crippen molar-refractivity contribution < 1.29 is 13.5 Å². The van der Waals surface area contributed by atoms with Crippen LogP contribution in [0.3, 0.4) is 0 Å². The average Bonchev–Trinajstić information content (AvgIpc) is 2.38. The predicted octanol–water partition coefficient (Wildman–Crippen LogP) is 0.505. The van der Waals surface area contributed by atoms with Crippen molar-refractivity contribution in [3.05, 3.63) is 0 Å². The van der Waals surface area contributed by atoms with Crippen LogP contribution in [0.1, 0.15) is 32.6 Å². The Labute approximate surface area is 111 Å². The van der Waals surface area contributed by atoms with Crippen molar-refractivity contribution in [3.8, 4) is 0 Å². The number of aliphatic hydroxyl groups excluding tert-OH is 1. The van der Waals surface area contributed by atoms with Gasteiger partial charge in [-0.05, 0) is 45.3 Å². The van der Waals surface area contributed by atoms with Crippen LogP contribution in [0.4, 0.5) is 0 Å². The van der Waals surface area contributed by atoms with Crippen LogP contribution in [0.2, 0.25) is 0 Å². The standard InChI is InChI=1S/C12H26N2O3S/c1-3-14-8-6-12(7-9-14)13(2)18(16,17)11-5-4-10-15/h12,15H,3-11H2,1-2H3. The van der Waals surface area contributed by atoms with Crippen molar-refractivity contribution in [1.82, 2.24) is 9.21 Å². The molecule has 1 heterocycles. The molecule has 5 nitrogen and oxygen atoms in total. The van der Waals surface area contributed by atoms with E-state index in [1.807, 2.05) is 0 Å². The molecule has 0 atom stereocenters. The van der Waals surface area contributed by atoms with Crippen molar-refractivity contribution in [1.29, 1.82) is 0 Å². The summed E-state index contributed by atoms with van der Waals surface area (Å²) in [5, 5.41) is 8.69. The van der Waals surface area contributed by atoms with E-state index in [9.17, 15) is 8.42 Å². The Morgan fingerprint density at radius 2 is 1.89 bits per heavy atom. The summed E-state index contributed by atoms with van der Waals surface area (Å²) < 4.78 is 25.7. The topological polar surface area (TPSA) is 60.9 Å². The van der Waals surface area contributed by atoms with Gasteiger partial charge in [0.15, 0.2) is 0 Å². The zero-order valence-electron chi connectivity index (χ0n) is 11.5. The van der Waals surface area contributed by atoms with Crippen LogP contribution in [0, 0.1) is 0 Å². The third-order valence-electron chi connectivity index (χ3n) is 3.77. The van der Waals surface area contributed by atoms with Crippen LogP contribution in [-0.4, -0.2) is 67.8 Å². The molecule has 0 aromatic heterocycles. The fourth-order valence-electron chi connectivity index (χ4n) is 2.37. The number of unbranched alkanes of at least 4 members (excludes halogenated alkanes) is 1. The molecule has 0 unspecified atom stereocenters. The van der Waals surface area contributed by atoms with E-state index in [0.29, 0.717) is 12.8 Å². The molecule has 1 fully saturated rings. The largest absolute Gasteiger partial charge is 0.396 e. The van der Waals surface area contributed by atoms with Crippen molar-refractivity contribution in [2.75, 3.05) is 39.0 Å². The highest BCUT2D eigenvalue weighted by Crippen LogP contribution is 2.18. The normalized spacial score (nSPS) is 19.6. The predicted molar refractivity (Wildman–Crippen MR) is 73.0 cm³/mol. The summed E-state index contributed by atoms with van der Waals surface area (Å²) >= 11 is 0. The molecule has 0 spiro atoms. The maximum atomic E-state index is 12.1. The van der Waals surface area contributed by atoms with Crippen molar-refractivity contribution in [2.24, 2.45) is 0 Å². The Kier molecular flexibility index (Phi) is 6.55. The average molecular weight is 278 g/mol. The second-order valence-corrected chi connectivity index (χ2v) is 7.08. The highest BCUT2D eigenvalue weighted by molar-refractivity contribution is 7.89. The molecule has 108 valence electrons. The maximum Gasteiger partial charge on any atom is 0.214 e. The summed E-state index contributed by atoms with van der Waals surface area (Å²) in [4.78, 5) is 2.35. The van der Waals surface area contributed by atoms with Gasteiger partial charge in [-0.15, -0.1) is 0 Å². The fraction of sp³-hybridized carbons (Fsp3) is 1.00. The number of likely N-dealkylation sites (tertiary alicyclic amines) is 1. The number of hydrogen-bond donors (Lipinski definition) is 1. The van der Waals surface area contributed by atoms with E-state index in [1.165, 1.54) is 0 Å². The molecule has 1 aliphatic heterocycles. The molecule has 1 N–H and O–H groups in total. The van der Waals surface area contributed by atoms with Gasteiger partial charge in [0, 0.05) is 19.7 Å². The summed E-state index contributed by atoms with van der Waals surface area (Å²) in [6.45, 7) is 5.21. The van der Waals surface area contributed by atoms with Crippen molar-refractivity contribution in [3.63, 3.8) is 0 Å². The lowest BCUT2D eigenvalue weighted by atomic mass is 10.1. The SMILES string of the molecule is CCN1CCC(N(C)S(=O)(=O)CCCCO)CC1. The number of piperidine rings is 1. The van der Waals surface area contributed by atoms with E-state index >= 15 is 0 Å². The summed E-state index contributed by atoms with van der Waals surface area (Å²) in [5.41, 5.74) is 0. The lowest BCUT2D eigenvalue weighted by molar-refractivity contribution is 0.176. The molecule has 0 saturated carbocycles. The molecular weight excluding hydrogens is 252 g/mol. The van der Waals surface area contributed by atoms with Gasteiger partial charge in [-0.25, -0.2) is 12.7 Å². The Morgan fingerprint density at radius 3 is 2.39 bits per heavy atom. The molecule has 1 rings (SSSR count). The van der Waals surface area contributed by atoms with E-state index < -0.39 is 10.0 Å². The summed E-state index contributed by atoms with van der Waals surface area (Å²) in [6, 6.07) is 0.145. The van der Waals surface area contributed by atoms with Gasteiger partial charge in [-0.1, -0.05) is 6.92 Å². The summed E-state index contributed by atoms with van der Waals surface area (Å²) in [6.07, 6.45) is 2.94. The van der Waals surface area contributed by atoms with Gasteiger partial charge in [0.1, 0.15) is 0 Å². The Hall–Kier alpha value is -0.170. The van der Waals surface area contributed by atoms with Gasteiger partial charge < -0.3 is 10.0 Å².